The summed E-state index contributed by atoms with van der Waals surface area (Å²) in [6, 6.07) is 7.87. The summed E-state index contributed by atoms with van der Waals surface area (Å²) in [6.45, 7) is 0. The van der Waals surface area contributed by atoms with Crippen molar-refractivity contribution in [3.63, 3.8) is 0 Å². The predicted octanol–water partition coefficient (Wildman–Crippen LogP) is 3.60. The molecule has 1 amide bonds. The number of hydrogen-bond donors (Lipinski definition) is 1. The molecule has 1 aliphatic heterocycles. The highest BCUT2D eigenvalue weighted by atomic mass is 16.5. The first-order chi connectivity index (χ1) is 11.7. The van der Waals surface area contributed by atoms with Crippen LogP contribution in [0.15, 0.2) is 30.5 Å². The third kappa shape index (κ3) is 2.60. The molecule has 2 heterocycles. The van der Waals surface area contributed by atoms with Gasteiger partial charge in [0.05, 0.1) is 20.1 Å². The molecular weight excluding hydrogens is 304 g/mol. The minimum atomic E-state index is -0.0694. The van der Waals surface area contributed by atoms with E-state index in [-0.39, 0.29) is 11.8 Å². The Balaban J connectivity index is 1.70. The lowest BCUT2D eigenvalue weighted by atomic mass is 9.94. The van der Waals surface area contributed by atoms with Gasteiger partial charge < -0.3 is 14.8 Å². The number of methoxy groups -OCH3 is 2. The Kier molecular flexibility index (Phi) is 3.63. The molecule has 5 heteroatoms. The molecule has 24 heavy (non-hydrogen) atoms. The first kappa shape index (κ1) is 15.0. The summed E-state index contributed by atoms with van der Waals surface area (Å²) >= 11 is 0. The fourth-order valence-corrected chi connectivity index (χ4v) is 3.29. The van der Waals surface area contributed by atoms with E-state index in [1.54, 1.807) is 20.4 Å². The van der Waals surface area contributed by atoms with Crippen molar-refractivity contribution in [1.29, 1.82) is 0 Å². The Labute approximate surface area is 141 Å². The van der Waals surface area contributed by atoms with Crippen LogP contribution in [0, 0.1) is 5.92 Å². The van der Waals surface area contributed by atoms with Crippen LogP contribution in [0.1, 0.15) is 30.7 Å². The molecule has 0 saturated heterocycles. The summed E-state index contributed by atoms with van der Waals surface area (Å²) in [7, 11) is 3.24. The van der Waals surface area contributed by atoms with Gasteiger partial charge in [-0.15, -0.1) is 0 Å². The maximum atomic E-state index is 12.2. The van der Waals surface area contributed by atoms with E-state index in [0.29, 0.717) is 23.2 Å². The lowest BCUT2D eigenvalue weighted by Gasteiger charge is -2.11. The minimum Gasteiger partial charge on any atom is -0.493 e. The first-order valence-corrected chi connectivity index (χ1v) is 8.23. The highest BCUT2D eigenvalue weighted by molar-refractivity contribution is 6.02. The number of nitrogens with one attached hydrogen (secondary N) is 1. The van der Waals surface area contributed by atoms with Crippen molar-refractivity contribution in [2.75, 3.05) is 19.5 Å². The van der Waals surface area contributed by atoms with E-state index in [9.17, 15) is 4.79 Å². The van der Waals surface area contributed by atoms with Crippen LogP contribution in [0.25, 0.3) is 11.1 Å². The van der Waals surface area contributed by atoms with Crippen molar-refractivity contribution < 1.29 is 14.3 Å². The number of aromatic nitrogens is 1. The van der Waals surface area contributed by atoms with Crippen LogP contribution in [-0.2, 0) is 4.79 Å². The second kappa shape index (κ2) is 5.82. The third-order valence-corrected chi connectivity index (χ3v) is 4.83. The number of anilines is 1. The molecule has 1 aromatic carbocycles. The largest absolute Gasteiger partial charge is 0.493 e. The average molecular weight is 324 g/mol. The van der Waals surface area contributed by atoms with Crippen LogP contribution in [0.4, 0.5) is 5.82 Å². The normalized spacial score (nSPS) is 18.9. The molecule has 2 aliphatic rings. The summed E-state index contributed by atoms with van der Waals surface area (Å²) in [5.41, 5.74) is 2.98. The number of ether oxygens (including phenoxy) is 2. The molecule has 1 unspecified atom stereocenters. The molecule has 0 spiro atoms. The molecule has 1 saturated carbocycles. The van der Waals surface area contributed by atoms with E-state index in [1.165, 1.54) is 12.8 Å². The van der Waals surface area contributed by atoms with Crippen LogP contribution >= 0.6 is 0 Å². The Hall–Kier alpha value is -2.56. The molecule has 4 rings (SSSR count). The van der Waals surface area contributed by atoms with Crippen LogP contribution in [0.2, 0.25) is 0 Å². The molecule has 1 aliphatic carbocycles. The number of nitrogens with zero attached hydrogens (tertiary/aromatic N) is 1. The van der Waals surface area contributed by atoms with E-state index in [0.717, 1.165) is 23.1 Å². The summed E-state index contributed by atoms with van der Waals surface area (Å²) in [6.07, 6.45) is 5.19. The van der Waals surface area contributed by atoms with Crippen LogP contribution in [0.3, 0.4) is 0 Å². The van der Waals surface area contributed by atoms with Gasteiger partial charge in [0.2, 0.25) is 5.91 Å². The SMILES string of the molecule is COc1ccc(-c2cnc3c(c2)C(CC2CC2)C(=O)N3)cc1OC. The van der Waals surface area contributed by atoms with E-state index in [1.807, 2.05) is 18.2 Å². The molecule has 1 N–H and O–H groups in total. The second-order valence-electron chi connectivity index (χ2n) is 6.45. The highest BCUT2D eigenvalue weighted by Gasteiger charge is 2.36. The van der Waals surface area contributed by atoms with Gasteiger partial charge in [0.25, 0.3) is 0 Å². The standard InChI is InChI=1S/C19H20N2O3/c1-23-16-6-5-12(9-17(16)24-2)13-8-14-15(7-11-3-4-11)19(22)21-18(14)20-10-13/h5-6,8-11,15H,3-4,7H2,1-2H3,(H,20,21,22). The Morgan fingerprint density at radius 3 is 2.62 bits per heavy atom. The van der Waals surface area contributed by atoms with Gasteiger partial charge in [-0.3, -0.25) is 4.79 Å². The summed E-state index contributed by atoms with van der Waals surface area (Å²) in [4.78, 5) is 16.7. The second-order valence-corrected chi connectivity index (χ2v) is 6.45. The van der Waals surface area contributed by atoms with Crippen molar-refractivity contribution in [2.24, 2.45) is 5.92 Å². The van der Waals surface area contributed by atoms with Gasteiger partial charge in [0, 0.05) is 17.3 Å². The number of carbonyl (C=O) groups excluding carboxylic acids is 1. The Bertz CT molecular complexity index is 799. The molecule has 0 bridgehead atoms. The summed E-state index contributed by atoms with van der Waals surface area (Å²) in [5.74, 6) is 2.78. The lowest BCUT2D eigenvalue weighted by Crippen LogP contribution is -2.12. The van der Waals surface area contributed by atoms with Crippen molar-refractivity contribution in [1.82, 2.24) is 4.98 Å². The number of pyridine rings is 1. The molecule has 5 nitrogen and oxygen atoms in total. The van der Waals surface area contributed by atoms with Crippen LogP contribution < -0.4 is 14.8 Å². The van der Waals surface area contributed by atoms with Gasteiger partial charge in [-0.1, -0.05) is 18.9 Å². The van der Waals surface area contributed by atoms with Gasteiger partial charge in [0.1, 0.15) is 5.82 Å². The van der Waals surface area contributed by atoms with Crippen molar-refractivity contribution in [3.8, 4) is 22.6 Å². The number of benzene rings is 1. The zero-order chi connectivity index (χ0) is 16.7. The van der Waals surface area contributed by atoms with E-state index < -0.39 is 0 Å². The third-order valence-electron chi connectivity index (χ3n) is 4.83. The smallest absolute Gasteiger partial charge is 0.233 e. The van der Waals surface area contributed by atoms with Crippen molar-refractivity contribution in [3.05, 3.63) is 36.0 Å². The van der Waals surface area contributed by atoms with Crippen molar-refractivity contribution >= 4 is 11.7 Å². The van der Waals surface area contributed by atoms with E-state index in [2.05, 4.69) is 16.4 Å². The zero-order valence-corrected chi connectivity index (χ0v) is 13.8. The number of amides is 1. The maximum absolute atomic E-state index is 12.2. The van der Waals surface area contributed by atoms with Crippen LogP contribution in [-0.4, -0.2) is 25.1 Å². The molecular formula is C19H20N2O3. The fraction of sp³-hybridized carbons (Fsp3) is 0.368. The van der Waals surface area contributed by atoms with Gasteiger partial charge in [0.15, 0.2) is 11.5 Å². The molecule has 1 fully saturated rings. The van der Waals surface area contributed by atoms with Gasteiger partial charge in [-0.2, -0.15) is 0 Å². The number of fused-ring (bicyclic) bond motifs is 1. The molecule has 0 radical (unpaired) electrons. The number of carbonyl (C=O) groups is 1. The first-order valence-electron chi connectivity index (χ1n) is 8.23. The molecule has 1 aromatic heterocycles. The Morgan fingerprint density at radius 1 is 1.12 bits per heavy atom. The summed E-state index contributed by atoms with van der Waals surface area (Å²) in [5, 5.41) is 2.91. The van der Waals surface area contributed by atoms with Gasteiger partial charge in [-0.05, 0) is 36.1 Å². The Morgan fingerprint density at radius 2 is 1.92 bits per heavy atom. The monoisotopic (exact) mass is 324 g/mol. The van der Waals surface area contributed by atoms with Gasteiger partial charge in [-0.25, -0.2) is 4.98 Å². The quantitative estimate of drug-likeness (QED) is 0.913. The summed E-state index contributed by atoms with van der Waals surface area (Å²) < 4.78 is 10.7. The highest BCUT2D eigenvalue weighted by Crippen LogP contribution is 2.44. The van der Waals surface area contributed by atoms with Crippen molar-refractivity contribution in [2.45, 2.75) is 25.2 Å². The van der Waals surface area contributed by atoms with Crippen LogP contribution in [0.5, 0.6) is 11.5 Å². The van der Waals surface area contributed by atoms with Gasteiger partial charge >= 0.3 is 0 Å². The lowest BCUT2D eigenvalue weighted by molar-refractivity contribution is -0.117. The van der Waals surface area contributed by atoms with E-state index in [4.69, 9.17) is 9.47 Å². The number of hydrogen-bond acceptors (Lipinski definition) is 4. The topological polar surface area (TPSA) is 60.5 Å². The zero-order valence-electron chi connectivity index (χ0n) is 13.8. The predicted molar refractivity (Wildman–Crippen MR) is 91.5 cm³/mol. The maximum Gasteiger partial charge on any atom is 0.233 e. The van der Waals surface area contributed by atoms with E-state index >= 15 is 0 Å². The molecule has 1 atom stereocenters. The fourth-order valence-electron chi connectivity index (χ4n) is 3.29. The number of rotatable bonds is 5. The molecule has 2 aromatic rings. The molecule has 124 valence electrons. The minimum absolute atomic E-state index is 0.0694. The average Bonchev–Trinajstić information content (AvgIpc) is 3.38.